The van der Waals surface area contributed by atoms with Crippen LogP contribution in [-0.2, 0) is 5.41 Å². The lowest BCUT2D eigenvalue weighted by atomic mass is 9.78. The van der Waals surface area contributed by atoms with Crippen molar-refractivity contribution in [3.8, 4) is 22.3 Å². The van der Waals surface area contributed by atoms with Crippen molar-refractivity contribution in [2.24, 2.45) is 0 Å². The van der Waals surface area contributed by atoms with Gasteiger partial charge in [-0.1, -0.05) is 50.2 Å². The molecule has 22 heavy (non-hydrogen) atoms. The molecule has 0 aliphatic heterocycles. The summed E-state index contributed by atoms with van der Waals surface area (Å²) in [5.41, 5.74) is 9.17. The molecule has 0 bridgehead atoms. The summed E-state index contributed by atoms with van der Waals surface area (Å²) in [7, 11) is 0. The average molecular weight is 286 g/mol. The van der Waals surface area contributed by atoms with E-state index in [2.05, 4.69) is 67.1 Å². The number of nitrogens with zero attached hydrogens (tertiary/aromatic N) is 2. The van der Waals surface area contributed by atoms with Gasteiger partial charge in [-0.3, -0.25) is 0 Å². The van der Waals surface area contributed by atoms with Gasteiger partial charge in [0.05, 0.1) is 0 Å². The number of hydrogen-bond donors (Lipinski definition) is 0. The van der Waals surface area contributed by atoms with E-state index in [0.717, 1.165) is 5.56 Å². The van der Waals surface area contributed by atoms with Crippen LogP contribution in [0.1, 0.15) is 30.5 Å². The van der Waals surface area contributed by atoms with E-state index >= 15 is 0 Å². The molecule has 0 amide bonds. The molecule has 1 heterocycles. The first-order chi connectivity index (χ1) is 10.6. The molecule has 0 radical (unpaired) electrons. The molecule has 2 aromatic carbocycles. The second kappa shape index (κ2) is 4.51. The lowest BCUT2D eigenvalue weighted by molar-refractivity contribution is 0.662. The van der Waals surface area contributed by atoms with Crippen LogP contribution in [0.4, 0.5) is 0 Å². The third-order valence-electron chi connectivity index (χ3n) is 4.78. The van der Waals surface area contributed by atoms with E-state index in [1.165, 1.54) is 33.4 Å². The number of rotatable bonds is 1. The molecular weight excluding hydrogens is 268 g/mol. The Morgan fingerprint density at radius 1 is 0.864 bits per heavy atom. The summed E-state index contributed by atoms with van der Waals surface area (Å²) in [5.74, 6) is 0. The summed E-state index contributed by atoms with van der Waals surface area (Å²) in [6.45, 7) is 6.82. The standard InChI is InChI=1S/C20H18N2/c1-13-8-9-15(14-10-21-12-22-11-14)19-18(13)16-6-4-5-7-17(16)20(19,2)3/h4-12H,1-3H3. The molecule has 0 fully saturated rings. The van der Waals surface area contributed by atoms with E-state index in [-0.39, 0.29) is 5.41 Å². The Morgan fingerprint density at radius 2 is 1.59 bits per heavy atom. The first kappa shape index (κ1) is 13.2. The summed E-state index contributed by atoms with van der Waals surface area (Å²) in [4.78, 5) is 8.39. The van der Waals surface area contributed by atoms with Gasteiger partial charge < -0.3 is 0 Å². The fourth-order valence-electron chi connectivity index (χ4n) is 3.76. The smallest absolute Gasteiger partial charge is 0.115 e. The monoisotopic (exact) mass is 286 g/mol. The Bertz CT molecular complexity index is 864. The summed E-state index contributed by atoms with van der Waals surface area (Å²) in [5, 5.41) is 0. The van der Waals surface area contributed by atoms with Crippen LogP contribution in [0.25, 0.3) is 22.3 Å². The van der Waals surface area contributed by atoms with Gasteiger partial charge in [0, 0.05) is 23.4 Å². The highest BCUT2D eigenvalue weighted by Gasteiger charge is 2.38. The van der Waals surface area contributed by atoms with E-state index in [1.54, 1.807) is 6.33 Å². The van der Waals surface area contributed by atoms with Crippen molar-refractivity contribution in [3.05, 3.63) is 71.8 Å². The predicted molar refractivity (Wildman–Crippen MR) is 89.8 cm³/mol. The Hall–Kier alpha value is -2.48. The maximum absolute atomic E-state index is 4.19. The number of fused-ring (bicyclic) bond motifs is 3. The predicted octanol–water partition coefficient (Wildman–Crippen LogP) is 4.76. The number of benzene rings is 2. The molecule has 0 atom stereocenters. The fourth-order valence-corrected chi connectivity index (χ4v) is 3.76. The van der Waals surface area contributed by atoms with Gasteiger partial charge in [-0.25, -0.2) is 9.97 Å². The summed E-state index contributed by atoms with van der Waals surface area (Å²) < 4.78 is 0. The maximum Gasteiger partial charge on any atom is 0.115 e. The van der Waals surface area contributed by atoms with Gasteiger partial charge in [0.1, 0.15) is 6.33 Å². The molecule has 1 aromatic heterocycles. The molecule has 1 aliphatic rings. The van der Waals surface area contributed by atoms with Crippen LogP contribution in [0.15, 0.2) is 55.1 Å². The zero-order chi connectivity index (χ0) is 15.3. The Balaban J connectivity index is 2.10. The second-order valence-electron chi connectivity index (χ2n) is 6.48. The van der Waals surface area contributed by atoms with E-state index in [4.69, 9.17) is 0 Å². The molecule has 2 heteroatoms. The first-order valence-electron chi connectivity index (χ1n) is 7.60. The molecule has 0 N–H and O–H groups in total. The Labute approximate surface area is 130 Å². The normalized spacial score (nSPS) is 14.5. The highest BCUT2D eigenvalue weighted by molar-refractivity contribution is 5.89. The van der Waals surface area contributed by atoms with Crippen LogP contribution in [-0.4, -0.2) is 9.97 Å². The van der Waals surface area contributed by atoms with E-state index in [0.29, 0.717) is 0 Å². The largest absolute Gasteiger partial charge is 0.244 e. The molecule has 0 saturated heterocycles. The third-order valence-corrected chi connectivity index (χ3v) is 4.78. The van der Waals surface area contributed by atoms with Crippen molar-refractivity contribution in [2.75, 3.05) is 0 Å². The van der Waals surface area contributed by atoms with Gasteiger partial charge in [-0.2, -0.15) is 0 Å². The number of aryl methyl sites for hydroxylation is 1. The van der Waals surface area contributed by atoms with Crippen molar-refractivity contribution >= 4 is 0 Å². The molecular formula is C20H18N2. The highest BCUT2D eigenvalue weighted by Crippen LogP contribution is 2.52. The number of hydrogen-bond acceptors (Lipinski definition) is 2. The van der Waals surface area contributed by atoms with Crippen molar-refractivity contribution < 1.29 is 0 Å². The van der Waals surface area contributed by atoms with Gasteiger partial charge >= 0.3 is 0 Å². The van der Waals surface area contributed by atoms with Gasteiger partial charge in [-0.05, 0) is 40.3 Å². The zero-order valence-corrected chi connectivity index (χ0v) is 13.1. The number of aromatic nitrogens is 2. The van der Waals surface area contributed by atoms with Crippen molar-refractivity contribution in [2.45, 2.75) is 26.2 Å². The van der Waals surface area contributed by atoms with Crippen LogP contribution in [0.5, 0.6) is 0 Å². The SMILES string of the molecule is Cc1ccc(-c2cncnc2)c2c1-c1ccccc1C2(C)C. The topological polar surface area (TPSA) is 25.8 Å². The quantitative estimate of drug-likeness (QED) is 0.644. The Morgan fingerprint density at radius 3 is 2.36 bits per heavy atom. The first-order valence-corrected chi connectivity index (χ1v) is 7.60. The van der Waals surface area contributed by atoms with E-state index in [9.17, 15) is 0 Å². The van der Waals surface area contributed by atoms with Gasteiger partial charge in [0.25, 0.3) is 0 Å². The molecule has 1 aliphatic carbocycles. The van der Waals surface area contributed by atoms with Crippen molar-refractivity contribution in [3.63, 3.8) is 0 Å². The summed E-state index contributed by atoms with van der Waals surface area (Å²) >= 11 is 0. The molecule has 0 unspecified atom stereocenters. The lowest BCUT2D eigenvalue weighted by Gasteiger charge is -2.24. The Kier molecular flexibility index (Phi) is 2.70. The molecule has 0 spiro atoms. The summed E-state index contributed by atoms with van der Waals surface area (Å²) in [6, 6.07) is 13.2. The molecule has 4 rings (SSSR count). The van der Waals surface area contributed by atoms with Crippen LogP contribution in [0.3, 0.4) is 0 Å². The fraction of sp³-hybridized carbons (Fsp3) is 0.200. The van der Waals surface area contributed by atoms with Crippen molar-refractivity contribution in [1.29, 1.82) is 0 Å². The van der Waals surface area contributed by atoms with Gasteiger partial charge in [0.2, 0.25) is 0 Å². The van der Waals surface area contributed by atoms with Crippen LogP contribution >= 0.6 is 0 Å². The molecule has 108 valence electrons. The van der Waals surface area contributed by atoms with Gasteiger partial charge in [0.15, 0.2) is 0 Å². The third kappa shape index (κ3) is 1.67. The van der Waals surface area contributed by atoms with E-state index in [1.807, 2.05) is 12.4 Å². The van der Waals surface area contributed by atoms with Gasteiger partial charge in [-0.15, -0.1) is 0 Å². The van der Waals surface area contributed by atoms with Crippen LogP contribution < -0.4 is 0 Å². The zero-order valence-electron chi connectivity index (χ0n) is 13.1. The second-order valence-corrected chi connectivity index (χ2v) is 6.48. The minimum Gasteiger partial charge on any atom is -0.244 e. The van der Waals surface area contributed by atoms with Crippen LogP contribution in [0.2, 0.25) is 0 Å². The lowest BCUT2D eigenvalue weighted by Crippen LogP contribution is -2.16. The van der Waals surface area contributed by atoms with E-state index < -0.39 is 0 Å². The molecule has 3 aromatic rings. The summed E-state index contributed by atoms with van der Waals surface area (Å²) in [6.07, 6.45) is 5.38. The minimum absolute atomic E-state index is 0.0108. The molecule has 0 saturated carbocycles. The average Bonchev–Trinajstić information content (AvgIpc) is 2.79. The highest BCUT2D eigenvalue weighted by atomic mass is 14.8. The van der Waals surface area contributed by atoms with Crippen molar-refractivity contribution in [1.82, 2.24) is 9.97 Å². The maximum atomic E-state index is 4.19. The molecule has 2 nitrogen and oxygen atoms in total. The van der Waals surface area contributed by atoms with Crippen LogP contribution in [0, 0.1) is 6.92 Å². The minimum atomic E-state index is -0.0108.